The van der Waals surface area contributed by atoms with E-state index in [9.17, 15) is 51.9 Å². The molecule has 1 atom stereocenters. The fourth-order valence-corrected chi connectivity index (χ4v) is 11.1. The van der Waals surface area contributed by atoms with E-state index < -0.39 is 70.9 Å². The van der Waals surface area contributed by atoms with Crippen molar-refractivity contribution in [2.75, 3.05) is 11.4 Å². The van der Waals surface area contributed by atoms with E-state index in [1.165, 1.54) is 18.2 Å². The summed E-state index contributed by atoms with van der Waals surface area (Å²) in [7, 11) is -19.4. The van der Waals surface area contributed by atoms with Crippen LogP contribution < -0.4 is 4.90 Å². The maximum atomic E-state index is 12.4. The van der Waals surface area contributed by atoms with Crippen molar-refractivity contribution in [2.45, 2.75) is 90.8 Å². The van der Waals surface area contributed by atoms with Gasteiger partial charge in [-0.3, -0.25) is 18.2 Å². The number of fused-ring (bicyclic) bond motifs is 6. The molecule has 1 heterocycles. The lowest BCUT2D eigenvalue weighted by molar-refractivity contribution is 0.477. The molecule has 294 valence electrons. The molecule has 0 spiro atoms. The second kappa shape index (κ2) is 13.3. The molecule has 55 heavy (non-hydrogen) atoms. The second-order valence-corrected chi connectivity index (χ2v) is 20.5. The smallest absolute Gasteiger partial charge is 0.295 e. The molecule has 1 aliphatic heterocycles. The highest BCUT2D eigenvalue weighted by Gasteiger charge is 2.44. The Balaban J connectivity index is 1.40. The third kappa shape index (κ3) is 6.94. The molecule has 0 saturated carbocycles. The summed E-state index contributed by atoms with van der Waals surface area (Å²) in [4.78, 5) is -0.481. The molecule has 4 aromatic rings. The highest BCUT2D eigenvalue weighted by Crippen LogP contribution is 2.51. The van der Waals surface area contributed by atoms with Crippen LogP contribution in [0, 0.1) is 0 Å². The molecule has 6 rings (SSSR count). The van der Waals surface area contributed by atoms with Crippen molar-refractivity contribution >= 4 is 67.7 Å². The summed E-state index contributed by atoms with van der Waals surface area (Å²) >= 11 is 0. The van der Waals surface area contributed by atoms with E-state index in [1.54, 1.807) is 12.1 Å². The van der Waals surface area contributed by atoms with Gasteiger partial charge in [-0.2, -0.15) is 33.7 Å². The van der Waals surface area contributed by atoms with Crippen LogP contribution >= 0.6 is 0 Å². The molecule has 0 radical (unpaired) electrons. The molecule has 0 fully saturated rings. The molecule has 4 aromatic carbocycles. The maximum absolute atomic E-state index is 12.4. The number of anilines is 1. The maximum Gasteiger partial charge on any atom is 0.295 e. The number of likely N-dealkylation sites (N-methyl/N-ethyl adjacent to an activating group) is 1. The third-order valence-corrected chi connectivity index (χ3v) is 14.4. The zero-order valence-corrected chi connectivity index (χ0v) is 34.0. The van der Waals surface area contributed by atoms with E-state index in [0.29, 0.717) is 30.5 Å². The first-order chi connectivity index (χ1) is 25.2. The Kier molecular flexibility index (Phi) is 9.87. The Bertz CT molecular complexity index is 2870. The molecule has 2 aliphatic rings. The normalized spacial score (nSPS) is 19.3. The number of rotatable bonds is 9. The van der Waals surface area contributed by atoms with Crippen molar-refractivity contribution in [1.82, 2.24) is 0 Å². The lowest BCUT2D eigenvalue weighted by atomic mass is 9.78. The van der Waals surface area contributed by atoms with E-state index >= 15 is 0 Å². The SMILES string of the molecule is CCc1cc2c(S(=O)(=O)O)cc(S(=O)(=O)O)cc2c2c1C/C(=C/C=C/C=C/C1N(CC)c3ccc4c(S(=O)(=O)O)cc(S(=O)(=O)O)cc4c3C1(C)C)C2(C)C. The van der Waals surface area contributed by atoms with Gasteiger partial charge < -0.3 is 4.90 Å². The largest absolute Gasteiger partial charge is 0.364 e. The molecule has 0 amide bonds. The van der Waals surface area contributed by atoms with Crippen molar-refractivity contribution in [3.8, 4) is 0 Å². The Morgan fingerprint density at radius 1 is 0.673 bits per heavy atom. The van der Waals surface area contributed by atoms with Crippen LogP contribution in [0.15, 0.2) is 98.0 Å². The highest BCUT2D eigenvalue weighted by molar-refractivity contribution is 7.87. The first-order valence-electron chi connectivity index (χ1n) is 17.2. The van der Waals surface area contributed by atoms with Crippen molar-refractivity contribution in [3.63, 3.8) is 0 Å². The zero-order chi connectivity index (χ0) is 40.8. The van der Waals surface area contributed by atoms with E-state index in [-0.39, 0.29) is 27.6 Å². The fourth-order valence-electron chi connectivity index (χ4n) is 8.42. The molecular weight excluding hydrogens is 791 g/mol. The molecule has 1 aliphatic carbocycles. The molecule has 1 unspecified atom stereocenters. The first-order valence-corrected chi connectivity index (χ1v) is 23.0. The van der Waals surface area contributed by atoms with E-state index in [0.717, 1.165) is 34.5 Å². The van der Waals surface area contributed by atoms with Crippen molar-refractivity contribution in [1.29, 1.82) is 0 Å². The fraction of sp³-hybridized carbons (Fsp3) is 0.316. The summed E-state index contributed by atoms with van der Waals surface area (Å²) in [6, 6.07) is 8.52. The predicted molar refractivity (Wildman–Crippen MR) is 209 cm³/mol. The van der Waals surface area contributed by atoms with Crippen LogP contribution in [0.1, 0.15) is 63.8 Å². The summed E-state index contributed by atoms with van der Waals surface area (Å²) in [5.74, 6) is 0. The number of hydrogen-bond donors (Lipinski definition) is 4. The molecule has 13 nitrogen and oxygen atoms in total. The lowest BCUT2D eigenvalue weighted by Crippen LogP contribution is -2.39. The monoisotopic (exact) mass is 831 g/mol. The standard InChI is InChI=1S/C38H41NO12S4/c1-7-22-16-28-30(19-25(53(43,44)45)21-33(28)55(49,50)51)35-27(22)17-23(37(35,3)4)12-10-9-11-13-34-38(5,6)36-29-18-24(52(40,41)42)20-32(54(46,47)48)26(29)14-15-31(36)39(34)8-2/h9-16,18-21,34H,7-8,17H2,1-6H3,(H,40,41,42)(H,43,44,45)(H,46,47,48)(H,49,50,51)/b10-9+,13-11+,23-12-. The second-order valence-electron chi connectivity index (χ2n) is 14.9. The molecular formula is C38H41NO12S4. The van der Waals surface area contributed by atoms with Gasteiger partial charge >= 0.3 is 0 Å². The molecule has 0 bridgehead atoms. The van der Waals surface area contributed by atoms with E-state index in [2.05, 4.69) is 4.90 Å². The van der Waals surface area contributed by atoms with Gasteiger partial charge in [-0.25, -0.2) is 0 Å². The summed E-state index contributed by atoms with van der Waals surface area (Å²) in [6.07, 6.45) is 10.4. The van der Waals surface area contributed by atoms with Gasteiger partial charge in [-0.05, 0) is 89.2 Å². The Labute approximate surface area is 321 Å². The van der Waals surface area contributed by atoms with Gasteiger partial charge in [0.2, 0.25) is 0 Å². The minimum Gasteiger partial charge on any atom is -0.364 e. The van der Waals surface area contributed by atoms with Crippen LogP contribution in [0.4, 0.5) is 5.69 Å². The van der Waals surface area contributed by atoms with E-state index in [4.69, 9.17) is 0 Å². The first kappa shape index (κ1) is 40.7. The number of nitrogens with zero attached hydrogens (tertiary/aromatic N) is 1. The van der Waals surface area contributed by atoms with Gasteiger partial charge in [-0.15, -0.1) is 0 Å². The summed E-state index contributed by atoms with van der Waals surface area (Å²) < 4.78 is 138. The average molecular weight is 832 g/mol. The summed E-state index contributed by atoms with van der Waals surface area (Å²) in [6.45, 7) is 12.1. The average Bonchev–Trinajstić information content (AvgIpc) is 3.46. The number of aryl methyl sites for hydroxylation is 1. The Morgan fingerprint density at radius 3 is 1.73 bits per heavy atom. The summed E-state index contributed by atoms with van der Waals surface area (Å²) in [5.41, 5.74) is 3.28. The zero-order valence-electron chi connectivity index (χ0n) is 30.8. The van der Waals surface area contributed by atoms with Crippen molar-refractivity contribution in [3.05, 3.63) is 101 Å². The van der Waals surface area contributed by atoms with Gasteiger partial charge in [0.25, 0.3) is 40.5 Å². The summed E-state index contributed by atoms with van der Waals surface area (Å²) in [5, 5.41) is 0.802. The minimum absolute atomic E-state index is 0.108. The van der Waals surface area contributed by atoms with Gasteiger partial charge in [0.1, 0.15) is 9.79 Å². The van der Waals surface area contributed by atoms with Crippen molar-refractivity contribution in [2.24, 2.45) is 0 Å². The number of benzene rings is 4. The third-order valence-electron chi connectivity index (χ3n) is 11.0. The molecule has 0 aromatic heterocycles. The van der Waals surface area contributed by atoms with E-state index in [1.807, 2.05) is 71.9 Å². The van der Waals surface area contributed by atoms with Crippen LogP contribution in [0.3, 0.4) is 0 Å². The topological polar surface area (TPSA) is 221 Å². The Morgan fingerprint density at radius 2 is 1.22 bits per heavy atom. The minimum atomic E-state index is -4.87. The quantitative estimate of drug-likeness (QED) is 0.103. The number of allylic oxidation sites excluding steroid dienone is 5. The predicted octanol–water partition coefficient (Wildman–Crippen LogP) is 6.60. The van der Waals surface area contributed by atoms with Gasteiger partial charge in [0.15, 0.2) is 0 Å². The lowest BCUT2D eigenvalue weighted by Gasteiger charge is -2.31. The molecule has 0 saturated heterocycles. The molecule has 17 heteroatoms. The highest BCUT2D eigenvalue weighted by atomic mass is 32.2. The molecule has 4 N–H and O–H groups in total. The van der Waals surface area contributed by atoms with Crippen LogP contribution in [0.2, 0.25) is 0 Å². The van der Waals surface area contributed by atoms with Crippen LogP contribution in [0.25, 0.3) is 21.5 Å². The van der Waals surface area contributed by atoms with Crippen LogP contribution in [-0.4, -0.2) is 64.5 Å². The van der Waals surface area contributed by atoms with Gasteiger partial charge in [0.05, 0.1) is 15.8 Å². The van der Waals surface area contributed by atoms with Gasteiger partial charge in [0, 0.05) is 33.8 Å². The van der Waals surface area contributed by atoms with Crippen LogP contribution in [-0.2, 0) is 64.1 Å². The van der Waals surface area contributed by atoms with Gasteiger partial charge in [-0.1, -0.05) is 76.6 Å². The van der Waals surface area contributed by atoms with Crippen LogP contribution in [0.5, 0.6) is 0 Å². The Hall–Kier alpha value is -3.94. The number of hydrogen-bond acceptors (Lipinski definition) is 9. The van der Waals surface area contributed by atoms with Crippen molar-refractivity contribution < 1.29 is 51.9 Å².